The lowest BCUT2D eigenvalue weighted by atomic mass is 10.1. The van der Waals surface area contributed by atoms with Crippen molar-refractivity contribution in [2.75, 3.05) is 39.3 Å². The van der Waals surface area contributed by atoms with Crippen LogP contribution in [0.2, 0.25) is 0 Å². The fourth-order valence-electron chi connectivity index (χ4n) is 5.37. The minimum atomic E-state index is -2.73. The Balaban J connectivity index is 1.49. The summed E-state index contributed by atoms with van der Waals surface area (Å²) in [6.45, 7) is 9.42. The highest BCUT2D eigenvalue weighted by molar-refractivity contribution is 6.03. The molecular weight excluding hydrogens is 474 g/mol. The molecule has 2 amide bonds. The number of rotatable bonds is 4. The molecule has 2 aliphatic rings. The van der Waals surface area contributed by atoms with Crippen LogP contribution in [-0.4, -0.2) is 82.3 Å². The molecule has 2 fully saturated rings. The fraction of sp³-hybridized carbons (Fsp3) is 0.448. The molecule has 0 aliphatic carbocycles. The zero-order valence-electron chi connectivity index (χ0n) is 21.7. The number of piperazine rings is 1. The molecule has 0 atom stereocenters. The van der Waals surface area contributed by atoms with Crippen molar-refractivity contribution in [3.63, 3.8) is 0 Å². The molecule has 2 aromatic carbocycles. The van der Waals surface area contributed by atoms with Crippen LogP contribution < -0.4 is 0 Å². The molecule has 3 aromatic rings. The van der Waals surface area contributed by atoms with Gasteiger partial charge in [-0.1, -0.05) is 12.1 Å². The predicted octanol–water partition coefficient (Wildman–Crippen LogP) is 4.98. The zero-order chi connectivity index (χ0) is 26.3. The summed E-state index contributed by atoms with van der Waals surface area (Å²) in [6.07, 6.45) is -0.654. The van der Waals surface area contributed by atoms with E-state index in [1.165, 1.54) is 4.90 Å². The first-order valence-electron chi connectivity index (χ1n) is 13.1. The molecule has 37 heavy (non-hydrogen) atoms. The van der Waals surface area contributed by atoms with Crippen molar-refractivity contribution in [1.82, 2.24) is 19.3 Å². The molecule has 0 unspecified atom stereocenters. The average Bonchev–Trinajstić information content (AvgIpc) is 3.27. The van der Waals surface area contributed by atoms with Crippen molar-refractivity contribution in [3.05, 3.63) is 65.4 Å². The van der Waals surface area contributed by atoms with E-state index in [2.05, 4.69) is 18.7 Å². The van der Waals surface area contributed by atoms with Gasteiger partial charge in [-0.25, -0.2) is 8.78 Å². The number of hydrogen-bond donors (Lipinski definition) is 0. The van der Waals surface area contributed by atoms with Gasteiger partial charge in [0.15, 0.2) is 0 Å². The molecule has 196 valence electrons. The van der Waals surface area contributed by atoms with E-state index >= 15 is 0 Å². The second-order valence-electron chi connectivity index (χ2n) is 10.5. The smallest absolute Gasteiger partial charge is 0.270 e. The van der Waals surface area contributed by atoms with Crippen molar-refractivity contribution < 1.29 is 18.4 Å². The molecule has 5 rings (SSSR count). The number of carbonyl (C=O) groups excluding carboxylic acids is 2. The average molecular weight is 509 g/mol. The molecule has 2 aliphatic heterocycles. The highest BCUT2D eigenvalue weighted by Gasteiger charge is 2.36. The number of likely N-dealkylation sites (tertiary alicyclic amines) is 1. The van der Waals surface area contributed by atoms with Crippen LogP contribution in [0.5, 0.6) is 0 Å². The third-order valence-corrected chi connectivity index (χ3v) is 7.64. The molecule has 6 nitrogen and oxygen atoms in total. The number of hydrogen-bond acceptors (Lipinski definition) is 3. The maximum absolute atomic E-state index is 13.8. The Hall–Kier alpha value is -3.26. The number of nitrogens with zero attached hydrogens (tertiary/aromatic N) is 4. The number of aryl methyl sites for hydroxylation is 1. The minimum Gasteiger partial charge on any atom is -0.337 e. The monoisotopic (exact) mass is 508 g/mol. The summed E-state index contributed by atoms with van der Waals surface area (Å²) in [6, 6.07) is 15.6. The Labute approximate surface area is 216 Å². The van der Waals surface area contributed by atoms with Gasteiger partial charge in [0.1, 0.15) is 5.69 Å². The Morgan fingerprint density at radius 2 is 1.51 bits per heavy atom. The van der Waals surface area contributed by atoms with Gasteiger partial charge in [0.25, 0.3) is 17.7 Å². The normalized spacial score (nSPS) is 18.5. The van der Waals surface area contributed by atoms with E-state index in [1.807, 2.05) is 58.9 Å². The van der Waals surface area contributed by atoms with Crippen molar-refractivity contribution in [2.24, 2.45) is 0 Å². The number of carbonyl (C=O) groups is 2. The van der Waals surface area contributed by atoms with E-state index in [0.29, 0.717) is 30.4 Å². The number of aromatic nitrogens is 1. The van der Waals surface area contributed by atoms with Gasteiger partial charge in [-0.15, -0.1) is 0 Å². The Bertz CT molecular complexity index is 1310. The van der Waals surface area contributed by atoms with Crippen LogP contribution in [0, 0.1) is 6.92 Å². The Kier molecular flexibility index (Phi) is 6.79. The van der Waals surface area contributed by atoms with Crippen molar-refractivity contribution in [3.8, 4) is 5.69 Å². The molecule has 0 radical (unpaired) electrons. The SMILES string of the molecule is Cc1cccc(-n2c(C(=O)N3CCC(F)(F)CC3)cc3cc(C(=O)N4CCN(C(C)C)CC4)ccc32)c1. The van der Waals surface area contributed by atoms with Crippen molar-refractivity contribution >= 4 is 22.7 Å². The molecule has 2 saturated heterocycles. The van der Waals surface area contributed by atoms with Crippen LogP contribution in [-0.2, 0) is 0 Å². The van der Waals surface area contributed by atoms with E-state index in [1.54, 1.807) is 6.07 Å². The molecule has 0 saturated carbocycles. The Morgan fingerprint density at radius 3 is 2.16 bits per heavy atom. The topological polar surface area (TPSA) is 48.8 Å². The van der Waals surface area contributed by atoms with Gasteiger partial charge in [-0.05, 0) is 62.7 Å². The maximum atomic E-state index is 13.8. The number of benzene rings is 2. The number of alkyl halides is 2. The van der Waals surface area contributed by atoms with Crippen LogP contribution in [0.4, 0.5) is 8.78 Å². The molecule has 1 aromatic heterocycles. The number of piperidine rings is 1. The standard InChI is InChI=1S/C29H34F2N4O2/c1-20(2)32-13-15-34(16-14-32)27(36)22-7-8-25-23(18-22)19-26(35(25)24-6-4-5-21(3)17-24)28(37)33-11-9-29(30,31)10-12-33/h4-8,17-20H,9-16H2,1-3H3. The summed E-state index contributed by atoms with van der Waals surface area (Å²) in [5.41, 5.74) is 3.68. The van der Waals surface area contributed by atoms with E-state index in [0.717, 1.165) is 35.2 Å². The maximum Gasteiger partial charge on any atom is 0.270 e. The van der Waals surface area contributed by atoms with Crippen LogP contribution in [0.15, 0.2) is 48.5 Å². The minimum absolute atomic E-state index is 0.0141. The predicted molar refractivity (Wildman–Crippen MR) is 141 cm³/mol. The van der Waals surface area contributed by atoms with Crippen LogP contribution >= 0.6 is 0 Å². The molecule has 0 bridgehead atoms. The van der Waals surface area contributed by atoms with Crippen LogP contribution in [0.25, 0.3) is 16.6 Å². The van der Waals surface area contributed by atoms with E-state index in [4.69, 9.17) is 0 Å². The number of amides is 2. The van der Waals surface area contributed by atoms with Gasteiger partial charge < -0.3 is 14.4 Å². The highest BCUT2D eigenvalue weighted by Crippen LogP contribution is 2.31. The third-order valence-electron chi connectivity index (χ3n) is 7.64. The zero-order valence-corrected chi connectivity index (χ0v) is 21.7. The second kappa shape index (κ2) is 9.89. The quantitative estimate of drug-likeness (QED) is 0.500. The van der Waals surface area contributed by atoms with Crippen molar-refractivity contribution in [2.45, 2.75) is 45.6 Å². The number of fused-ring (bicyclic) bond motifs is 1. The number of halogens is 2. The lowest BCUT2D eigenvalue weighted by molar-refractivity contribution is -0.0495. The third kappa shape index (κ3) is 5.12. The summed E-state index contributed by atoms with van der Waals surface area (Å²) in [4.78, 5) is 32.7. The second-order valence-corrected chi connectivity index (χ2v) is 10.5. The van der Waals surface area contributed by atoms with Gasteiger partial charge in [0.05, 0.1) is 5.52 Å². The lowest BCUT2D eigenvalue weighted by Crippen LogP contribution is -2.50. The molecule has 8 heteroatoms. The van der Waals surface area contributed by atoms with E-state index < -0.39 is 5.92 Å². The van der Waals surface area contributed by atoms with Crippen LogP contribution in [0.1, 0.15) is 53.1 Å². The first kappa shape index (κ1) is 25.4. The lowest BCUT2D eigenvalue weighted by Gasteiger charge is -2.37. The molecule has 3 heterocycles. The summed E-state index contributed by atoms with van der Waals surface area (Å²) in [5, 5.41) is 0.777. The highest BCUT2D eigenvalue weighted by atomic mass is 19.3. The first-order chi connectivity index (χ1) is 17.6. The van der Waals surface area contributed by atoms with Crippen molar-refractivity contribution in [1.29, 1.82) is 0 Å². The van der Waals surface area contributed by atoms with Gasteiger partial charge in [0, 0.05) is 74.8 Å². The van der Waals surface area contributed by atoms with Gasteiger partial charge in [-0.2, -0.15) is 0 Å². The summed E-state index contributed by atoms with van der Waals surface area (Å²) in [7, 11) is 0. The van der Waals surface area contributed by atoms with E-state index in [-0.39, 0.29) is 37.7 Å². The first-order valence-corrected chi connectivity index (χ1v) is 13.1. The fourth-order valence-corrected chi connectivity index (χ4v) is 5.37. The summed E-state index contributed by atoms with van der Waals surface area (Å²) in [5.74, 6) is -3.01. The largest absolute Gasteiger partial charge is 0.337 e. The van der Waals surface area contributed by atoms with Crippen LogP contribution in [0.3, 0.4) is 0 Å². The van der Waals surface area contributed by atoms with Gasteiger partial charge in [-0.3, -0.25) is 14.5 Å². The molecule has 0 N–H and O–H groups in total. The van der Waals surface area contributed by atoms with Gasteiger partial charge in [0.2, 0.25) is 0 Å². The summed E-state index contributed by atoms with van der Waals surface area (Å²) < 4.78 is 29.4. The summed E-state index contributed by atoms with van der Waals surface area (Å²) >= 11 is 0. The van der Waals surface area contributed by atoms with Gasteiger partial charge >= 0.3 is 0 Å². The van der Waals surface area contributed by atoms with E-state index in [9.17, 15) is 18.4 Å². The Morgan fingerprint density at radius 1 is 0.838 bits per heavy atom. The molecule has 0 spiro atoms. The molecular formula is C29H34F2N4O2.